The summed E-state index contributed by atoms with van der Waals surface area (Å²) < 4.78 is 12.4. The number of rotatable bonds is 4. The van der Waals surface area contributed by atoms with Crippen LogP contribution in [0.5, 0.6) is 0 Å². The molecule has 51 heavy (non-hydrogen) atoms. The standard InChI is InChI=1S/C44H25N5O2/c1-44(2)35-10-4-3-9-30(35)31-16-15-25(21-36(31)44)41-33(23-46)29(22-45)20-32(34(41)24-47)26-17-27(42-48-37-11-5-7-13-39(37)50-42)19-28(18-26)43-49-38-12-6-8-14-40(38)51-43/h3-21H,1-2H3. The molecule has 6 aromatic carbocycles. The number of oxazole rings is 2. The Morgan fingerprint density at radius 2 is 1.08 bits per heavy atom. The number of para-hydroxylation sites is 4. The quantitative estimate of drug-likeness (QED) is 0.185. The molecule has 0 spiro atoms. The van der Waals surface area contributed by atoms with Gasteiger partial charge in [0.15, 0.2) is 11.2 Å². The van der Waals surface area contributed by atoms with Crippen LogP contribution in [0, 0.1) is 34.0 Å². The average molecular weight is 656 g/mol. The van der Waals surface area contributed by atoms with Crippen molar-refractivity contribution in [1.82, 2.24) is 9.97 Å². The van der Waals surface area contributed by atoms with E-state index in [1.54, 1.807) is 6.07 Å². The highest BCUT2D eigenvalue weighted by molar-refractivity contribution is 5.92. The van der Waals surface area contributed by atoms with Crippen LogP contribution in [0.4, 0.5) is 0 Å². The monoisotopic (exact) mass is 655 g/mol. The predicted octanol–water partition coefficient (Wildman–Crippen LogP) is 10.6. The summed E-state index contributed by atoms with van der Waals surface area (Å²) in [4.78, 5) is 9.50. The van der Waals surface area contributed by atoms with Gasteiger partial charge in [0.1, 0.15) is 29.2 Å². The van der Waals surface area contributed by atoms with E-state index in [1.165, 1.54) is 11.1 Å². The molecule has 7 heteroatoms. The van der Waals surface area contributed by atoms with Crippen molar-refractivity contribution in [3.8, 4) is 74.5 Å². The van der Waals surface area contributed by atoms with Crippen LogP contribution >= 0.6 is 0 Å². The molecule has 0 N–H and O–H groups in total. The molecule has 0 unspecified atom stereocenters. The molecule has 1 aliphatic carbocycles. The van der Waals surface area contributed by atoms with Crippen LogP contribution in [-0.4, -0.2) is 9.97 Å². The third-order valence-electron chi connectivity index (χ3n) is 9.87. The van der Waals surface area contributed by atoms with E-state index in [9.17, 15) is 15.8 Å². The van der Waals surface area contributed by atoms with Crippen molar-refractivity contribution in [2.24, 2.45) is 0 Å². The van der Waals surface area contributed by atoms with Crippen LogP contribution in [0.1, 0.15) is 41.7 Å². The fraction of sp³-hybridized carbons (Fsp3) is 0.0682. The first kappa shape index (κ1) is 29.8. The highest BCUT2D eigenvalue weighted by Gasteiger charge is 2.36. The second-order valence-electron chi connectivity index (χ2n) is 13.1. The number of hydrogen-bond acceptors (Lipinski definition) is 7. The maximum Gasteiger partial charge on any atom is 0.227 e. The fourth-order valence-corrected chi connectivity index (χ4v) is 7.40. The Bertz CT molecular complexity index is 2730. The molecule has 2 heterocycles. The maximum atomic E-state index is 10.9. The van der Waals surface area contributed by atoms with Crippen molar-refractivity contribution >= 4 is 22.2 Å². The average Bonchev–Trinajstić information content (AvgIpc) is 3.87. The van der Waals surface area contributed by atoms with Crippen LogP contribution in [0.25, 0.3) is 78.5 Å². The Balaban J connectivity index is 1.30. The highest BCUT2D eigenvalue weighted by Crippen LogP contribution is 2.50. The predicted molar refractivity (Wildman–Crippen MR) is 195 cm³/mol. The minimum absolute atomic E-state index is 0.153. The zero-order chi connectivity index (χ0) is 34.9. The topological polar surface area (TPSA) is 123 Å². The molecule has 8 aromatic rings. The SMILES string of the molecule is CC1(C)c2ccccc2-c2ccc(-c3c(C#N)c(C#N)cc(-c4cc(-c5nc6ccccc6o5)cc(-c5nc6ccccc6o5)c4)c3C#N)cc21. The Morgan fingerprint density at radius 3 is 1.69 bits per heavy atom. The summed E-state index contributed by atoms with van der Waals surface area (Å²) >= 11 is 0. The van der Waals surface area contributed by atoms with Gasteiger partial charge in [0.25, 0.3) is 0 Å². The van der Waals surface area contributed by atoms with Gasteiger partial charge >= 0.3 is 0 Å². The lowest BCUT2D eigenvalue weighted by atomic mass is 9.80. The van der Waals surface area contributed by atoms with Crippen LogP contribution in [0.15, 0.2) is 124 Å². The van der Waals surface area contributed by atoms with E-state index in [1.807, 2.05) is 84.9 Å². The van der Waals surface area contributed by atoms with Gasteiger partial charge in [-0.1, -0.05) is 74.5 Å². The van der Waals surface area contributed by atoms with Crippen molar-refractivity contribution in [1.29, 1.82) is 15.8 Å². The van der Waals surface area contributed by atoms with Gasteiger partial charge in [0, 0.05) is 27.7 Å². The number of benzene rings is 6. The summed E-state index contributed by atoms with van der Waals surface area (Å²) in [5.74, 6) is 0.757. The lowest BCUT2D eigenvalue weighted by Gasteiger charge is -2.22. The Hall–Kier alpha value is -7.27. The van der Waals surface area contributed by atoms with Crippen molar-refractivity contribution in [3.63, 3.8) is 0 Å². The lowest BCUT2D eigenvalue weighted by molar-refractivity contribution is 0.617. The molecule has 2 aromatic heterocycles. The number of aromatic nitrogens is 2. The largest absolute Gasteiger partial charge is 0.436 e. The molecule has 7 nitrogen and oxygen atoms in total. The minimum atomic E-state index is -0.306. The van der Waals surface area contributed by atoms with Crippen molar-refractivity contribution in [3.05, 3.63) is 143 Å². The van der Waals surface area contributed by atoms with Crippen LogP contribution in [0.3, 0.4) is 0 Å². The molecule has 9 rings (SSSR count). The van der Waals surface area contributed by atoms with Gasteiger partial charge in [-0.25, -0.2) is 9.97 Å². The van der Waals surface area contributed by atoms with Crippen molar-refractivity contribution in [2.45, 2.75) is 19.3 Å². The Morgan fingerprint density at radius 1 is 0.510 bits per heavy atom. The van der Waals surface area contributed by atoms with E-state index in [-0.39, 0.29) is 22.1 Å². The number of nitrogens with zero attached hydrogens (tertiary/aromatic N) is 5. The fourth-order valence-electron chi connectivity index (χ4n) is 7.40. The van der Waals surface area contributed by atoms with E-state index in [0.717, 1.165) is 11.1 Å². The summed E-state index contributed by atoms with van der Waals surface area (Å²) in [5, 5.41) is 31.8. The van der Waals surface area contributed by atoms with E-state index in [2.05, 4.69) is 56.3 Å². The smallest absolute Gasteiger partial charge is 0.227 e. The number of nitriles is 3. The molecule has 0 atom stereocenters. The number of hydrogen-bond donors (Lipinski definition) is 0. The van der Waals surface area contributed by atoms with Gasteiger partial charge in [-0.3, -0.25) is 0 Å². The van der Waals surface area contributed by atoms with Crippen LogP contribution < -0.4 is 0 Å². The summed E-state index contributed by atoms with van der Waals surface area (Å²) in [6.07, 6.45) is 0. The molecule has 0 fully saturated rings. The van der Waals surface area contributed by atoms with Gasteiger partial charge in [0.2, 0.25) is 11.8 Å². The molecule has 0 saturated carbocycles. The first-order valence-corrected chi connectivity index (χ1v) is 16.4. The summed E-state index contributed by atoms with van der Waals surface area (Å²) in [7, 11) is 0. The minimum Gasteiger partial charge on any atom is -0.436 e. The zero-order valence-corrected chi connectivity index (χ0v) is 27.5. The van der Waals surface area contributed by atoms with Gasteiger partial charge in [-0.05, 0) is 88.0 Å². The Kier molecular flexibility index (Phi) is 6.52. The van der Waals surface area contributed by atoms with E-state index < -0.39 is 0 Å². The normalized spacial score (nSPS) is 12.6. The first-order chi connectivity index (χ1) is 24.9. The number of fused-ring (bicyclic) bond motifs is 5. The first-order valence-electron chi connectivity index (χ1n) is 16.4. The van der Waals surface area contributed by atoms with Crippen LogP contribution in [0.2, 0.25) is 0 Å². The van der Waals surface area contributed by atoms with E-state index in [4.69, 9.17) is 18.8 Å². The van der Waals surface area contributed by atoms with Gasteiger partial charge in [-0.2, -0.15) is 15.8 Å². The Labute approximate surface area is 292 Å². The summed E-state index contributed by atoms with van der Waals surface area (Å²) in [6, 6.07) is 43.6. The molecular weight excluding hydrogens is 631 g/mol. The summed E-state index contributed by atoms with van der Waals surface area (Å²) in [6.45, 7) is 4.36. The van der Waals surface area contributed by atoms with Crippen molar-refractivity contribution in [2.75, 3.05) is 0 Å². The molecule has 1 aliphatic rings. The van der Waals surface area contributed by atoms with Gasteiger partial charge in [-0.15, -0.1) is 0 Å². The second-order valence-corrected chi connectivity index (χ2v) is 13.1. The molecule has 0 bridgehead atoms. The molecule has 0 aliphatic heterocycles. The third kappa shape index (κ3) is 4.56. The zero-order valence-electron chi connectivity index (χ0n) is 27.5. The van der Waals surface area contributed by atoms with Gasteiger partial charge in [0.05, 0.1) is 16.7 Å². The maximum absolute atomic E-state index is 10.9. The summed E-state index contributed by atoms with van der Waals surface area (Å²) in [5.41, 5.74) is 11.0. The van der Waals surface area contributed by atoms with E-state index in [0.29, 0.717) is 67.4 Å². The van der Waals surface area contributed by atoms with Crippen molar-refractivity contribution < 1.29 is 8.83 Å². The van der Waals surface area contributed by atoms with E-state index >= 15 is 0 Å². The second kappa shape index (κ2) is 11.1. The molecule has 0 radical (unpaired) electrons. The molecule has 238 valence electrons. The lowest BCUT2D eigenvalue weighted by Crippen LogP contribution is -2.15. The van der Waals surface area contributed by atoms with Gasteiger partial charge < -0.3 is 8.83 Å². The molecular formula is C44H25N5O2. The molecule has 0 saturated heterocycles. The highest BCUT2D eigenvalue weighted by atomic mass is 16.4. The molecule has 0 amide bonds. The van der Waals surface area contributed by atoms with Crippen LogP contribution in [-0.2, 0) is 5.41 Å². The third-order valence-corrected chi connectivity index (χ3v) is 9.87.